The maximum Gasteiger partial charge on any atom is 0.289 e. The number of rotatable bonds is 3. The number of nitrogens with one attached hydrogen (secondary N) is 1. The molecule has 2 aromatic carbocycles. The summed E-state index contributed by atoms with van der Waals surface area (Å²) in [5, 5.41) is 31.3. The summed E-state index contributed by atoms with van der Waals surface area (Å²) in [6.45, 7) is 0. The fourth-order valence-corrected chi connectivity index (χ4v) is 1.75. The molecular formula is C14H7FN4O2. The van der Waals surface area contributed by atoms with Gasteiger partial charge in [0.15, 0.2) is 0 Å². The summed E-state index contributed by atoms with van der Waals surface area (Å²) < 4.78 is 13.5. The Kier molecular flexibility index (Phi) is 3.78. The van der Waals surface area contributed by atoms with Gasteiger partial charge in [-0.15, -0.1) is 0 Å². The van der Waals surface area contributed by atoms with E-state index in [1.807, 2.05) is 0 Å². The third-order valence-electron chi connectivity index (χ3n) is 2.72. The van der Waals surface area contributed by atoms with Crippen molar-refractivity contribution in [3.8, 4) is 12.1 Å². The van der Waals surface area contributed by atoms with Crippen molar-refractivity contribution in [1.29, 1.82) is 10.5 Å². The van der Waals surface area contributed by atoms with Crippen LogP contribution in [0.3, 0.4) is 0 Å². The van der Waals surface area contributed by atoms with Crippen LogP contribution in [0.2, 0.25) is 0 Å². The summed E-state index contributed by atoms with van der Waals surface area (Å²) in [5.41, 5.74) is -0.161. The smallest absolute Gasteiger partial charge is 0.289 e. The van der Waals surface area contributed by atoms with Gasteiger partial charge in [-0.3, -0.25) is 10.1 Å². The Morgan fingerprint density at radius 2 is 1.95 bits per heavy atom. The van der Waals surface area contributed by atoms with Gasteiger partial charge in [-0.25, -0.2) is 4.39 Å². The molecule has 6 nitrogen and oxygen atoms in total. The molecule has 0 aliphatic carbocycles. The van der Waals surface area contributed by atoms with E-state index in [-0.39, 0.29) is 28.2 Å². The van der Waals surface area contributed by atoms with Crippen LogP contribution in [0.4, 0.5) is 21.5 Å². The van der Waals surface area contributed by atoms with E-state index in [4.69, 9.17) is 10.5 Å². The number of halogens is 1. The minimum atomic E-state index is -0.689. The maximum absolute atomic E-state index is 13.5. The lowest BCUT2D eigenvalue weighted by Crippen LogP contribution is -1.98. The molecule has 1 N–H and O–H groups in total. The van der Waals surface area contributed by atoms with Crippen LogP contribution < -0.4 is 5.32 Å². The van der Waals surface area contributed by atoms with Gasteiger partial charge in [0.2, 0.25) is 0 Å². The lowest BCUT2D eigenvalue weighted by atomic mass is 10.1. The Bertz CT molecular complexity index is 806. The second-order valence-corrected chi connectivity index (χ2v) is 4.00. The highest BCUT2D eigenvalue weighted by Gasteiger charge is 2.15. The van der Waals surface area contributed by atoms with Gasteiger partial charge in [-0.1, -0.05) is 6.07 Å². The van der Waals surface area contributed by atoms with E-state index < -0.39 is 10.7 Å². The van der Waals surface area contributed by atoms with Gasteiger partial charge in [0.1, 0.15) is 29.1 Å². The van der Waals surface area contributed by atoms with Crippen LogP contribution in [-0.2, 0) is 0 Å². The number of hydrogen-bond acceptors (Lipinski definition) is 5. The Balaban J connectivity index is 2.45. The van der Waals surface area contributed by atoms with Crippen LogP contribution in [-0.4, -0.2) is 4.92 Å². The molecule has 7 heteroatoms. The SMILES string of the molecule is N#Cc1ccc(Nc2cccc(F)c2C#N)cc1[N+](=O)[O-]. The Labute approximate surface area is 118 Å². The fourth-order valence-electron chi connectivity index (χ4n) is 1.75. The first-order valence-electron chi connectivity index (χ1n) is 5.71. The van der Waals surface area contributed by atoms with Gasteiger partial charge in [-0.05, 0) is 24.3 Å². The highest BCUT2D eigenvalue weighted by molar-refractivity contribution is 5.69. The molecule has 0 aliphatic heterocycles. The van der Waals surface area contributed by atoms with Crippen LogP contribution in [0.5, 0.6) is 0 Å². The first-order valence-corrected chi connectivity index (χ1v) is 5.71. The van der Waals surface area contributed by atoms with Crippen molar-refractivity contribution < 1.29 is 9.31 Å². The van der Waals surface area contributed by atoms with Crippen LogP contribution >= 0.6 is 0 Å². The molecule has 0 bridgehead atoms. The second kappa shape index (κ2) is 5.68. The Morgan fingerprint density at radius 1 is 1.19 bits per heavy atom. The minimum Gasteiger partial charge on any atom is -0.354 e. The van der Waals surface area contributed by atoms with Crippen molar-refractivity contribution in [2.24, 2.45) is 0 Å². The van der Waals surface area contributed by atoms with E-state index >= 15 is 0 Å². The topological polar surface area (TPSA) is 103 Å². The van der Waals surface area contributed by atoms with Crippen LogP contribution in [0.15, 0.2) is 36.4 Å². The van der Waals surface area contributed by atoms with Gasteiger partial charge in [0.25, 0.3) is 5.69 Å². The van der Waals surface area contributed by atoms with E-state index in [9.17, 15) is 14.5 Å². The van der Waals surface area contributed by atoms with Gasteiger partial charge in [0.05, 0.1) is 10.6 Å². The Hall–Kier alpha value is -3.45. The normalized spacial score (nSPS) is 9.48. The van der Waals surface area contributed by atoms with E-state index in [1.54, 1.807) is 12.1 Å². The number of nitrogens with zero attached hydrogens (tertiary/aromatic N) is 3. The highest BCUT2D eigenvalue weighted by Crippen LogP contribution is 2.27. The average molecular weight is 282 g/mol. The summed E-state index contributed by atoms with van der Waals surface area (Å²) in [6.07, 6.45) is 0. The summed E-state index contributed by atoms with van der Waals surface area (Å²) in [6, 6.07) is 11.4. The molecular weight excluding hydrogens is 275 g/mol. The van der Waals surface area contributed by atoms with Crippen LogP contribution in [0, 0.1) is 38.6 Å². The summed E-state index contributed by atoms with van der Waals surface area (Å²) >= 11 is 0. The van der Waals surface area contributed by atoms with Gasteiger partial charge in [-0.2, -0.15) is 10.5 Å². The van der Waals surface area contributed by atoms with Crippen LogP contribution in [0.1, 0.15) is 11.1 Å². The Morgan fingerprint density at radius 3 is 2.57 bits per heavy atom. The number of hydrogen-bond donors (Lipinski definition) is 1. The van der Waals surface area contributed by atoms with Crippen molar-refractivity contribution in [3.63, 3.8) is 0 Å². The number of nitro benzene ring substituents is 1. The second-order valence-electron chi connectivity index (χ2n) is 4.00. The van der Waals surface area contributed by atoms with Crippen molar-refractivity contribution >= 4 is 17.1 Å². The standard InChI is InChI=1S/C14H7FN4O2/c15-12-2-1-3-13(11(12)8-17)18-10-5-4-9(7-16)14(6-10)19(20)21/h1-6,18H. The van der Waals surface area contributed by atoms with E-state index in [0.29, 0.717) is 0 Å². The molecule has 0 atom stereocenters. The molecule has 0 saturated heterocycles. The molecule has 102 valence electrons. The summed E-state index contributed by atoms with van der Waals surface area (Å²) in [4.78, 5) is 10.2. The monoisotopic (exact) mass is 282 g/mol. The van der Waals surface area contributed by atoms with E-state index in [1.165, 1.54) is 24.3 Å². The molecule has 0 aromatic heterocycles. The van der Waals surface area contributed by atoms with Crippen molar-refractivity contribution in [2.45, 2.75) is 0 Å². The number of benzene rings is 2. The average Bonchev–Trinajstić information content (AvgIpc) is 2.47. The molecule has 0 amide bonds. The molecule has 0 unspecified atom stereocenters. The third-order valence-corrected chi connectivity index (χ3v) is 2.72. The fraction of sp³-hybridized carbons (Fsp3) is 0. The van der Waals surface area contributed by atoms with E-state index in [2.05, 4.69) is 5.32 Å². The molecule has 21 heavy (non-hydrogen) atoms. The zero-order valence-corrected chi connectivity index (χ0v) is 10.5. The first kappa shape index (κ1) is 14.0. The molecule has 0 heterocycles. The summed E-state index contributed by atoms with van der Waals surface area (Å²) in [5.74, 6) is -0.689. The molecule has 2 aromatic rings. The van der Waals surface area contributed by atoms with Crippen molar-refractivity contribution in [2.75, 3.05) is 5.32 Å². The maximum atomic E-state index is 13.5. The van der Waals surface area contributed by atoms with Crippen molar-refractivity contribution in [3.05, 3.63) is 63.5 Å². The first-order chi connectivity index (χ1) is 10.1. The number of anilines is 2. The minimum absolute atomic E-state index is 0.0784. The van der Waals surface area contributed by atoms with Gasteiger partial charge < -0.3 is 5.32 Å². The summed E-state index contributed by atoms with van der Waals surface area (Å²) in [7, 11) is 0. The van der Waals surface area contributed by atoms with Gasteiger partial charge >= 0.3 is 0 Å². The van der Waals surface area contributed by atoms with Crippen LogP contribution in [0.25, 0.3) is 0 Å². The third kappa shape index (κ3) is 2.77. The quantitative estimate of drug-likeness (QED) is 0.687. The lowest BCUT2D eigenvalue weighted by molar-refractivity contribution is -0.385. The van der Waals surface area contributed by atoms with Crippen molar-refractivity contribution in [1.82, 2.24) is 0 Å². The molecule has 0 saturated carbocycles. The zero-order valence-electron chi connectivity index (χ0n) is 10.5. The molecule has 0 fully saturated rings. The zero-order chi connectivity index (χ0) is 15.4. The number of nitriles is 2. The molecule has 0 aliphatic rings. The van der Waals surface area contributed by atoms with Gasteiger partial charge in [0, 0.05) is 11.8 Å². The molecule has 2 rings (SSSR count). The largest absolute Gasteiger partial charge is 0.354 e. The number of nitro groups is 1. The molecule has 0 spiro atoms. The molecule has 0 radical (unpaired) electrons. The highest BCUT2D eigenvalue weighted by atomic mass is 19.1. The van der Waals surface area contributed by atoms with E-state index in [0.717, 1.165) is 12.1 Å². The predicted molar refractivity (Wildman–Crippen MR) is 72.2 cm³/mol. The lowest BCUT2D eigenvalue weighted by Gasteiger charge is -2.08. The predicted octanol–water partition coefficient (Wildman–Crippen LogP) is 3.22.